The van der Waals surface area contributed by atoms with E-state index >= 15 is 0 Å². The number of para-hydroxylation sites is 1. The van der Waals surface area contributed by atoms with Crippen molar-refractivity contribution in [3.63, 3.8) is 0 Å². The summed E-state index contributed by atoms with van der Waals surface area (Å²) in [5, 5.41) is 0. The van der Waals surface area contributed by atoms with Gasteiger partial charge in [0.15, 0.2) is 5.76 Å². The molecule has 0 spiro atoms. The predicted molar refractivity (Wildman–Crippen MR) is 103 cm³/mol. The lowest BCUT2D eigenvalue weighted by Crippen LogP contribution is -2.24. The molecule has 3 heterocycles. The zero-order valence-electron chi connectivity index (χ0n) is 15.6. The van der Waals surface area contributed by atoms with Crippen LogP contribution in [0.3, 0.4) is 0 Å². The van der Waals surface area contributed by atoms with Crippen molar-refractivity contribution in [3.8, 4) is 17.2 Å². The Bertz CT molecular complexity index is 1100. The Morgan fingerprint density at radius 3 is 2.64 bits per heavy atom. The van der Waals surface area contributed by atoms with Crippen LogP contribution in [0.2, 0.25) is 0 Å². The van der Waals surface area contributed by atoms with E-state index < -0.39 is 0 Å². The SMILES string of the molecule is CC(C)=C1Oc2c(ccc3c2[C@@H](C2=Cc4ccccc4OC2)CC(=O)O3)C1=O. The maximum Gasteiger partial charge on any atom is 0.312 e. The summed E-state index contributed by atoms with van der Waals surface area (Å²) in [6.45, 7) is 4.07. The molecular formula is C23H18O5. The van der Waals surface area contributed by atoms with Gasteiger partial charge in [-0.05, 0) is 49.3 Å². The van der Waals surface area contributed by atoms with Crippen molar-refractivity contribution < 1.29 is 23.8 Å². The third kappa shape index (κ3) is 2.47. The summed E-state index contributed by atoms with van der Waals surface area (Å²) in [4.78, 5) is 25.0. The first-order chi connectivity index (χ1) is 13.5. The van der Waals surface area contributed by atoms with E-state index in [9.17, 15) is 9.59 Å². The maximum absolute atomic E-state index is 12.7. The molecule has 2 aromatic carbocycles. The second kappa shape index (κ2) is 6.09. The summed E-state index contributed by atoms with van der Waals surface area (Å²) in [6.07, 6.45) is 2.24. The van der Waals surface area contributed by atoms with E-state index in [4.69, 9.17) is 14.2 Å². The highest BCUT2D eigenvalue weighted by Gasteiger charge is 2.40. The quantitative estimate of drug-likeness (QED) is 0.420. The minimum atomic E-state index is -0.302. The number of allylic oxidation sites excluding steroid dienone is 2. The van der Waals surface area contributed by atoms with Crippen molar-refractivity contribution in [3.05, 3.63) is 70.0 Å². The van der Waals surface area contributed by atoms with Crippen LogP contribution in [0, 0.1) is 0 Å². The normalized spacial score (nSPS) is 19.6. The summed E-state index contributed by atoms with van der Waals surface area (Å²) in [7, 11) is 0. The molecule has 0 amide bonds. The van der Waals surface area contributed by atoms with Crippen LogP contribution in [0.1, 0.15) is 47.7 Å². The molecule has 0 bridgehead atoms. The fourth-order valence-corrected chi connectivity index (χ4v) is 3.97. The lowest BCUT2D eigenvalue weighted by molar-refractivity contribution is -0.135. The number of benzene rings is 2. The number of rotatable bonds is 1. The van der Waals surface area contributed by atoms with Gasteiger partial charge in [-0.25, -0.2) is 0 Å². The van der Waals surface area contributed by atoms with Crippen molar-refractivity contribution in [2.45, 2.75) is 26.2 Å². The van der Waals surface area contributed by atoms with Gasteiger partial charge < -0.3 is 14.2 Å². The molecular weight excluding hydrogens is 356 g/mol. The highest BCUT2D eigenvalue weighted by Crippen LogP contribution is 2.50. The highest BCUT2D eigenvalue weighted by molar-refractivity contribution is 6.13. The number of carbonyl (C=O) groups excluding carboxylic acids is 2. The minimum absolute atomic E-state index is 0.132. The van der Waals surface area contributed by atoms with Crippen molar-refractivity contribution >= 4 is 17.8 Å². The smallest absolute Gasteiger partial charge is 0.312 e. The molecule has 3 aliphatic heterocycles. The molecule has 0 aliphatic carbocycles. The molecule has 3 aliphatic rings. The van der Waals surface area contributed by atoms with Crippen LogP contribution in [-0.2, 0) is 4.79 Å². The van der Waals surface area contributed by atoms with Crippen LogP contribution >= 0.6 is 0 Å². The molecule has 0 N–H and O–H groups in total. The lowest BCUT2D eigenvalue weighted by Gasteiger charge is -2.30. The summed E-state index contributed by atoms with van der Waals surface area (Å²) >= 11 is 0. The molecule has 5 rings (SSSR count). The van der Waals surface area contributed by atoms with Crippen LogP contribution in [0.5, 0.6) is 17.2 Å². The van der Waals surface area contributed by atoms with Crippen LogP contribution in [0.15, 0.2) is 53.3 Å². The molecule has 140 valence electrons. The molecule has 0 unspecified atom stereocenters. The van der Waals surface area contributed by atoms with Gasteiger partial charge >= 0.3 is 5.97 Å². The number of esters is 1. The Morgan fingerprint density at radius 2 is 1.82 bits per heavy atom. The summed E-state index contributed by atoms with van der Waals surface area (Å²) in [5.74, 6) is 1.42. The monoisotopic (exact) mass is 374 g/mol. The molecule has 5 heteroatoms. The van der Waals surface area contributed by atoms with E-state index in [1.54, 1.807) is 12.1 Å². The van der Waals surface area contributed by atoms with E-state index in [-0.39, 0.29) is 24.1 Å². The molecule has 1 atom stereocenters. The van der Waals surface area contributed by atoms with Crippen molar-refractivity contribution in [1.82, 2.24) is 0 Å². The van der Waals surface area contributed by atoms with E-state index in [2.05, 4.69) is 6.08 Å². The standard InChI is InChI=1S/C23H18O5/c1-12(2)22-21(25)15-7-8-18-20(23(15)28-22)16(10-19(24)27-18)14-9-13-5-3-4-6-17(13)26-11-14/h3-9,16H,10-11H2,1-2H3/t16-/m1/s1. The Balaban J connectivity index is 1.67. The molecule has 5 nitrogen and oxygen atoms in total. The minimum Gasteiger partial charge on any atom is -0.489 e. The number of hydrogen-bond acceptors (Lipinski definition) is 5. The number of ketones is 1. The Labute approximate surface area is 162 Å². The Morgan fingerprint density at radius 1 is 1.00 bits per heavy atom. The fraction of sp³-hybridized carbons (Fsp3) is 0.217. The average molecular weight is 374 g/mol. The zero-order valence-corrected chi connectivity index (χ0v) is 15.6. The molecule has 0 fully saturated rings. The number of hydrogen-bond donors (Lipinski definition) is 0. The summed E-state index contributed by atoms with van der Waals surface area (Å²) in [6, 6.07) is 11.1. The van der Waals surface area contributed by atoms with Gasteiger partial charge in [-0.1, -0.05) is 18.2 Å². The molecule has 2 aromatic rings. The third-order valence-electron chi connectivity index (χ3n) is 5.31. The van der Waals surface area contributed by atoms with Crippen molar-refractivity contribution in [2.24, 2.45) is 0 Å². The third-order valence-corrected chi connectivity index (χ3v) is 5.31. The first-order valence-corrected chi connectivity index (χ1v) is 9.23. The molecule has 28 heavy (non-hydrogen) atoms. The van der Waals surface area contributed by atoms with E-state index in [1.807, 2.05) is 38.1 Å². The molecule has 0 radical (unpaired) electrons. The number of Topliss-reactive ketones (excluding diaryl/α,β-unsaturated/α-hetero) is 1. The Hall–Kier alpha value is -3.34. The fourth-order valence-electron chi connectivity index (χ4n) is 3.97. The molecule has 0 saturated heterocycles. The maximum atomic E-state index is 12.7. The van der Waals surface area contributed by atoms with Gasteiger partial charge in [-0.15, -0.1) is 0 Å². The van der Waals surface area contributed by atoms with Gasteiger partial charge in [0.05, 0.1) is 12.0 Å². The number of carbonyl (C=O) groups is 2. The topological polar surface area (TPSA) is 61.8 Å². The summed E-state index contributed by atoms with van der Waals surface area (Å²) in [5.41, 5.74) is 4.01. The van der Waals surface area contributed by atoms with E-state index in [0.29, 0.717) is 29.4 Å². The van der Waals surface area contributed by atoms with E-state index in [1.165, 1.54) is 0 Å². The van der Waals surface area contributed by atoms with Gasteiger partial charge in [0.2, 0.25) is 5.78 Å². The van der Waals surface area contributed by atoms with Crippen molar-refractivity contribution in [1.29, 1.82) is 0 Å². The number of ether oxygens (including phenoxy) is 3. The molecule has 0 saturated carbocycles. The van der Waals surface area contributed by atoms with Crippen molar-refractivity contribution in [2.75, 3.05) is 6.61 Å². The highest BCUT2D eigenvalue weighted by atomic mass is 16.5. The first kappa shape index (κ1) is 16.8. The van der Waals surface area contributed by atoms with Gasteiger partial charge in [-0.3, -0.25) is 9.59 Å². The average Bonchev–Trinajstić information content (AvgIpc) is 3.04. The zero-order chi connectivity index (χ0) is 19.4. The van der Waals surface area contributed by atoms with Gasteiger partial charge in [0.1, 0.15) is 23.9 Å². The Kier molecular flexibility index (Phi) is 3.66. The van der Waals surface area contributed by atoms with Crippen LogP contribution in [0.4, 0.5) is 0 Å². The van der Waals surface area contributed by atoms with Crippen LogP contribution in [0.25, 0.3) is 6.08 Å². The second-order valence-electron chi connectivity index (χ2n) is 7.39. The molecule has 0 aromatic heterocycles. The largest absolute Gasteiger partial charge is 0.489 e. The lowest BCUT2D eigenvalue weighted by atomic mass is 9.83. The van der Waals surface area contributed by atoms with Gasteiger partial charge in [-0.2, -0.15) is 0 Å². The van der Waals surface area contributed by atoms with Gasteiger partial charge in [0, 0.05) is 17.0 Å². The van der Waals surface area contributed by atoms with Crippen LogP contribution in [-0.4, -0.2) is 18.4 Å². The first-order valence-electron chi connectivity index (χ1n) is 9.23. The van der Waals surface area contributed by atoms with Crippen LogP contribution < -0.4 is 14.2 Å². The second-order valence-corrected chi connectivity index (χ2v) is 7.39. The number of fused-ring (bicyclic) bond motifs is 4. The predicted octanol–water partition coefficient (Wildman–Crippen LogP) is 4.42. The summed E-state index contributed by atoms with van der Waals surface area (Å²) < 4.78 is 17.3. The van der Waals surface area contributed by atoms with Gasteiger partial charge in [0.25, 0.3) is 0 Å². The van der Waals surface area contributed by atoms with E-state index in [0.717, 1.165) is 28.0 Å².